The Morgan fingerprint density at radius 2 is 1.72 bits per heavy atom. The van der Waals surface area contributed by atoms with Crippen molar-refractivity contribution in [2.75, 3.05) is 6.61 Å². The summed E-state index contributed by atoms with van der Waals surface area (Å²) in [7, 11) is 0. The van der Waals surface area contributed by atoms with Crippen LogP contribution in [-0.2, 0) is 4.74 Å². The number of Topliss-reactive ketones (excluding diaryl/α,β-unsaturated/α-hetero) is 1. The molecule has 1 saturated heterocycles. The molecule has 170 valence electrons. The molecule has 2 aliphatic rings. The van der Waals surface area contributed by atoms with Gasteiger partial charge in [0.25, 0.3) is 0 Å². The normalized spacial score (nSPS) is 28.4. The number of benzene rings is 2. The number of phenols is 3. The minimum absolute atomic E-state index is 0.0258. The Morgan fingerprint density at radius 1 is 0.969 bits per heavy atom. The first kappa shape index (κ1) is 21.9. The average molecular weight is 448 g/mol. The number of carbonyl (C=O) groups excluding carboxylic acids is 1. The van der Waals surface area contributed by atoms with Gasteiger partial charge < -0.3 is 50.0 Å². The van der Waals surface area contributed by atoms with E-state index in [4.69, 9.17) is 14.2 Å². The highest BCUT2D eigenvalue weighted by atomic mass is 16.7. The number of ketones is 1. The number of hydrogen-bond donors (Lipinski definition) is 7. The molecule has 0 aliphatic carbocycles. The number of hydrogen-bond acceptors (Lipinski definition) is 11. The monoisotopic (exact) mass is 448 g/mol. The van der Waals surface area contributed by atoms with E-state index in [1.165, 1.54) is 36.4 Å². The van der Waals surface area contributed by atoms with Gasteiger partial charge in [0, 0.05) is 0 Å². The summed E-state index contributed by atoms with van der Waals surface area (Å²) in [5.41, 5.74) is 0.381. The molecule has 0 unspecified atom stereocenters. The third-order valence-electron chi connectivity index (χ3n) is 5.16. The number of aliphatic hydroxyl groups excluding tert-OH is 4. The van der Waals surface area contributed by atoms with Crippen molar-refractivity contribution in [3.8, 4) is 28.7 Å². The molecule has 7 N–H and O–H groups in total. The fraction of sp³-hybridized carbons (Fsp3) is 0.286. The van der Waals surface area contributed by atoms with Crippen LogP contribution in [-0.4, -0.2) is 78.8 Å². The van der Waals surface area contributed by atoms with Crippen molar-refractivity contribution >= 4 is 11.9 Å². The van der Waals surface area contributed by atoms with Gasteiger partial charge in [-0.05, 0) is 35.9 Å². The number of aromatic hydroxyl groups is 3. The number of fused-ring (bicyclic) bond motifs is 1. The van der Waals surface area contributed by atoms with Crippen LogP contribution in [0.5, 0.6) is 28.7 Å². The lowest BCUT2D eigenvalue weighted by atomic mass is 9.99. The van der Waals surface area contributed by atoms with Crippen LogP contribution in [0.2, 0.25) is 0 Å². The van der Waals surface area contributed by atoms with E-state index in [-0.39, 0.29) is 34.3 Å². The molecule has 0 radical (unpaired) electrons. The van der Waals surface area contributed by atoms with Gasteiger partial charge in [0.05, 0.1) is 12.2 Å². The number of rotatable bonds is 4. The second-order valence-electron chi connectivity index (χ2n) is 7.29. The van der Waals surface area contributed by atoms with Crippen LogP contribution in [0.25, 0.3) is 6.08 Å². The summed E-state index contributed by atoms with van der Waals surface area (Å²) >= 11 is 0. The predicted octanol–water partition coefficient (Wildman–Crippen LogP) is -0.402. The van der Waals surface area contributed by atoms with Crippen LogP contribution in [0.4, 0.5) is 0 Å². The molecular formula is C21H20O11. The Kier molecular flexibility index (Phi) is 5.67. The third-order valence-corrected chi connectivity index (χ3v) is 5.16. The summed E-state index contributed by atoms with van der Waals surface area (Å²) < 4.78 is 16.1. The van der Waals surface area contributed by atoms with Gasteiger partial charge in [0.15, 0.2) is 28.8 Å². The number of ether oxygens (including phenoxy) is 3. The highest BCUT2D eigenvalue weighted by Gasteiger charge is 2.45. The Balaban J connectivity index is 1.59. The lowest BCUT2D eigenvalue weighted by molar-refractivity contribution is -0.277. The van der Waals surface area contributed by atoms with E-state index in [9.17, 15) is 40.5 Å². The molecule has 0 spiro atoms. The Hall–Kier alpha value is -3.35. The fourth-order valence-electron chi connectivity index (χ4n) is 3.39. The largest absolute Gasteiger partial charge is 0.504 e. The minimum Gasteiger partial charge on any atom is -0.504 e. The van der Waals surface area contributed by atoms with E-state index in [1.807, 2.05) is 0 Å². The van der Waals surface area contributed by atoms with Gasteiger partial charge in [-0.3, -0.25) is 4.79 Å². The summed E-state index contributed by atoms with van der Waals surface area (Å²) in [5, 5.41) is 68.6. The maximum atomic E-state index is 12.6. The molecule has 0 bridgehead atoms. The molecule has 2 aromatic rings. The van der Waals surface area contributed by atoms with Crippen molar-refractivity contribution in [3.63, 3.8) is 0 Å². The summed E-state index contributed by atoms with van der Waals surface area (Å²) in [5.74, 6) is -2.48. The molecule has 0 amide bonds. The van der Waals surface area contributed by atoms with Gasteiger partial charge in [0.1, 0.15) is 24.4 Å². The highest BCUT2D eigenvalue weighted by Crippen LogP contribution is 2.45. The van der Waals surface area contributed by atoms with E-state index in [2.05, 4.69) is 0 Å². The van der Waals surface area contributed by atoms with Crippen molar-refractivity contribution in [3.05, 3.63) is 47.2 Å². The molecule has 11 nitrogen and oxygen atoms in total. The molecular weight excluding hydrogens is 428 g/mol. The van der Waals surface area contributed by atoms with Crippen LogP contribution in [0, 0.1) is 0 Å². The maximum absolute atomic E-state index is 12.6. The second kappa shape index (κ2) is 8.30. The fourth-order valence-corrected chi connectivity index (χ4v) is 3.39. The van der Waals surface area contributed by atoms with E-state index in [1.54, 1.807) is 0 Å². The summed E-state index contributed by atoms with van der Waals surface area (Å²) in [6, 6.07) is 6.43. The standard InChI is InChI=1S/C21H20O11/c22-7-14-16(26)18(28)19(29)21(32-14)31-12-4-2-9-15(25)13(30-20(9)17(12)27)6-8-1-3-10(23)11(24)5-8/h1-6,14,16,18-19,21-24,26-29H,7H2/b13-6-/t14-,16-,18+,19-,21-/m1/s1. The zero-order valence-electron chi connectivity index (χ0n) is 16.3. The van der Waals surface area contributed by atoms with Crippen LogP contribution >= 0.6 is 0 Å². The quantitative estimate of drug-likeness (QED) is 0.238. The molecule has 2 aromatic carbocycles. The van der Waals surface area contributed by atoms with Crippen molar-refractivity contribution in [2.24, 2.45) is 0 Å². The first-order chi connectivity index (χ1) is 15.2. The molecule has 5 atom stereocenters. The van der Waals surface area contributed by atoms with E-state index in [0.717, 1.165) is 0 Å². The molecule has 2 heterocycles. The molecule has 11 heteroatoms. The van der Waals surface area contributed by atoms with Gasteiger partial charge in [0.2, 0.25) is 17.8 Å². The Bertz CT molecular complexity index is 1080. The number of aliphatic hydroxyl groups is 4. The third kappa shape index (κ3) is 3.72. The van der Waals surface area contributed by atoms with E-state index in [0.29, 0.717) is 5.56 Å². The summed E-state index contributed by atoms with van der Waals surface area (Å²) in [4.78, 5) is 12.6. The molecule has 2 aliphatic heterocycles. The molecule has 4 rings (SSSR count). The number of allylic oxidation sites excluding steroid dienone is 1. The lowest BCUT2D eigenvalue weighted by Crippen LogP contribution is -2.60. The van der Waals surface area contributed by atoms with Crippen molar-refractivity contribution in [2.45, 2.75) is 30.7 Å². The molecule has 0 saturated carbocycles. The zero-order chi connectivity index (χ0) is 23.2. The molecule has 0 aromatic heterocycles. The lowest BCUT2D eigenvalue weighted by Gasteiger charge is -2.39. The van der Waals surface area contributed by atoms with E-state index < -0.39 is 48.8 Å². The first-order valence-corrected chi connectivity index (χ1v) is 9.50. The average Bonchev–Trinajstić information content (AvgIpc) is 3.09. The zero-order valence-corrected chi connectivity index (χ0v) is 16.3. The van der Waals surface area contributed by atoms with Gasteiger partial charge >= 0.3 is 0 Å². The number of phenolic OH excluding ortho intramolecular Hbond substituents is 3. The first-order valence-electron chi connectivity index (χ1n) is 9.50. The highest BCUT2D eigenvalue weighted by molar-refractivity contribution is 6.15. The van der Waals surface area contributed by atoms with Crippen LogP contribution < -0.4 is 9.47 Å². The smallest absolute Gasteiger partial charge is 0.232 e. The predicted molar refractivity (Wildman–Crippen MR) is 105 cm³/mol. The van der Waals surface area contributed by atoms with Gasteiger partial charge in [-0.1, -0.05) is 6.07 Å². The second-order valence-corrected chi connectivity index (χ2v) is 7.29. The van der Waals surface area contributed by atoms with Crippen molar-refractivity contribution < 1.29 is 54.8 Å². The Labute approximate surface area is 180 Å². The molecule has 1 fully saturated rings. The van der Waals surface area contributed by atoms with Gasteiger partial charge in [-0.2, -0.15) is 0 Å². The molecule has 32 heavy (non-hydrogen) atoms. The maximum Gasteiger partial charge on any atom is 0.232 e. The summed E-state index contributed by atoms with van der Waals surface area (Å²) in [6.45, 7) is -0.653. The summed E-state index contributed by atoms with van der Waals surface area (Å²) in [6.07, 6.45) is -6.38. The van der Waals surface area contributed by atoms with Crippen LogP contribution in [0.1, 0.15) is 15.9 Å². The van der Waals surface area contributed by atoms with Crippen molar-refractivity contribution in [1.82, 2.24) is 0 Å². The van der Waals surface area contributed by atoms with E-state index >= 15 is 0 Å². The Morgan fingerprint density at radius 3 is 2.41 bits per heavy atom. The number of carbonyl (C=O) groups is 1. The minimum atomic E-state index is -1.69. The van der Waals surface area contributed by atoms with Gasteiger partial charge in [-0.25, -0.2) is 0 Å². The topological polar surface area (TPSA) is 186 Å². The van der Waals surface area contributed by atoms with Gasteiger partial charge in [-0.15, -0.1) is 0 Å². The van der Waals surface area contributed by atoms with Crippen LogP contribution in [0.3, 0.4) is 0 Å². The van der Waals surface area contributed by atoms with Crippen LogP contribution in [0.15, 0.2) is 36.1 Å². The SMILES string of the molecule is O=C1/C(=C/c2ccc(O)c(O)c2)Oc2c1ccc(O[C@@H]1O[C@H](CO)[C@@H](O)[C@H](O)[C@H]1O)c2O. The van der Waals surface area contributed by atoms with Crippen molar-refractivity contribution in [1.29, 1.82) is 0 Å².